The van der Waals surface area contributed by atoms with Crippen LogP contribution in [-0.4, -0.2) is 0 Å². The number of aryl methyl sites for hydroxylation is 1. The van der Waals surface area contributed by atoms with Crippen molar-refractivity contribution in [3.05, 3.63) is 42.2 Å². The fourth-order valence-corrected chi connectivity index (χ4v) is 1.51. The predicted octanol–water partition coefficient (Wildman–Crippen LogP) is 4.72. The molecule has 0 aliphatic carbocycles. The molecule has 0 aliphatic heterocycles. The van der Waals surface area contributed by atoms with E-state index in [1.54, 1.807) is 6.26 Å². The fraction of sp³-hybridized carbons (Fsp3) is 0.467. The maximum atomic E-state index is 5.51. The van der Waals surface area contributed by atoms with Crippen LogP contribution in [0.15, 0.2) is 36.6 Å². The van der Waals surface area contributed by atoms with Crippen molar-refractivity contribution in [3.8, 4) is 5.75 Å². The Balaban J connectivity index is 2.25. The fourth-order valence-electron chi connectivity index (χ4n) is 1.51. The second-order valence-electron chi connectivity index (χ2n) is 3.98. The lowest BCUT2D eigenvalue weighted by molar-refractivity contribution is 0.477. The standard InChI is InChI=1S/C15H22O/c1-3-5-6-7-8-13-16-15-11-9-14(4-2)10-12-15/h8-13H,3-7H2,1-2H3. The summed E-state index contributed by atoms with van der Waals surface area (Å²) < 4.78 is 5.51. The summed E-state index contributed by atoms with van der Waals surface area (Å²) in [6, 6.07) is 8.27. The molecule has 0 N–H and O–H groups in total. The van der Waals surface area contributed by atoms with Crippen molar-refractivity contribution in [2.24, 2.45) is 0 Å². The quantitative estimate of drug-likeness (QED) is 0.475. The Morgan fingerprint density at radius 2 is 1.81 bits per heavy atom. The van der Waals surface area contributed by atoms with Gasteiger partial charge in [0.2, 0.25) is 0 Å². The first-order valence-corrected chi connectivity index (χ1v) is 6.27. The van der Waals surface area contributed by atoms with Crippen molar-refractivity contribution in [1.29, 1.82) is 0 Å². The van der Waals surface area contributed by atoms with Crippen molar-refractivity contribution in [3.63, 3.8) is 0 Å². The highest BCUT2D eigenvalue weighted by molar-refractivity contribution is 5.27. The number of ether oxygens (including phenoxy) is 1. The lowest BCUT2D eigenvalue weighted by Gasteiger charge is -2.01. The minimum atomic E-state index is 0.920. The third kappa shape index (κ3) is 5.01. The van der Waals surface area contributed by atoms with Crippen LogP contribution in [0.3, 0.4) is 0 Å². The molecule has 0 saturated carbocycles. The minimum Gasteiger partial charge on any atom is -0.465 e. The van der Waals surface area contributed by atoms with E-state index < -0.39 is 0 Å². The summed E-state index contributed by atoms with van der Waals surface area (Å²) in [5.74, 6) is 0.920. The SMILES string of the molecule is CCCCCC=COc1ccc(CC)cc1. The summed E-state index contributed by atoms with van der Waals surface area (Å²) in [4.78, 5) is 0. The highest BCUT2D eigenvalue weighted by Gasteiger charge is 1.91. The molecule has 0 atom stereocenters. The van der Waals surface area contributed by atoms with E-state index >= 15 is 0 Å². The topological polar surface area (TPSA) is 9.23 Å². The zero-order valence-electron chi connectivity index (χ0n) is 10.4. The largest absolute Gasteiger partial charge is 0.465 e. The van der Waals surface area contributed by atoms with Crippen LogP contribution >= 0.6 is 0 Å². The van der Waals surface area contributed by atoms with Gasteiger partial charge in [0.05, 0.1) is 6.26 Å². The molecule has 88 valence electrons. The number of hydrogen-bond donors (Lipinski definition) is 0. The molecule has 0 aromatic heterocycles. The number of unbranched alkanes of at least 4 members (excludes halogenated alkanes) is 3. The molecule has 0 spiro atoms. The molecule has 1 aromatic rings. The van der Waals surface area contributed by atoms with Crippen molar-refractivity contribution in [2.45, 2.75) is 46.0 Å². The smallest absolute Gasteiger partial charge is 0.126 e. The first kappa shape index (κ1) is 12.8. The lowest BCUT2D eigenvalue weighted by Crippen LogP contribution is -1.84. The summed E-state index contributed by atoms with van der Waals surface area (Å²) >= 11 is 0. The van der Waals surface area contributed by atoms with E-state index in [9.17, 15) is 0 Å². The average Bonchev–Trinajstić information content (AvgIpc) is 2.34. The summed E-state index contributed by atoms with van der Waals surface area (Å²) in [6.07, 6.45) is 9.92. The maximum Gasteiger partial charge on any atom is 0.126 e. The van der Waals surface area contributed by atoms with Crippen LogP contribution < -0.4 is 4.74 Å². The zero-order valence-corrected chi connectivity index (χ0v) is 10.4. The molecule has 16 heavy (non-hydrogen) atoms. The Bertz CT molecular complexity index is 298. The third-order valence-corrected chi connectivity index (χ3v) is 2.61. The van der Waals surface area contributed by atoms with Gasteiger partial charge in [-0.05, 0) is 43.0 Å². The monoisotopic (exact) mass is 218 g/mol. The Morgan fingerprint density at radius 3 is 2.44 bits per heavy atom. The van der Waals surface area contributed by atoms with E-state index in [0.717, 1.165) is 18.6 Å². The van der Waals surface area contributed by atoms with Crippen LogP contribution in [0.2, 0.25) is 0 Å². The van der Waals surface area contributed by atoms with Crippen LogP contribution in [0.25, 0.3) is 0 Å². The summed E-state index contributed by atoms with van der Waals surface area (Å²) in [5.41, 5.74) is 1.35. The molecule has 0 saturated heterocycles. The van der Waals surface area contributed by atoms with E-state index in [4.69, 9.17) is 4.74 Å². The molecule has 0 bridgehead atoms. The van der Waals surface area contributed by atoms with Gasteiger partial charge in [-0.1, -0.05) is 38.8 Å². The maximum absolute atomic E-state index is 5.51. The highest BCUT2D eigenvalue weighted by Crippen LogP contribution is 2.12. The van der Waals surface area contributed by atoms with Crippen LogP contribution in [0, 0.1) is 0 Å². The summed E-state index contributed by atoms with van der Waals surface area (Å²) in [7, 11) is 0. The number of allylic oxidation sites excluding steroid dienone is 1. The molecule has 0 fully saturated rings. The molecule has 1 nitrogen and oxygen atoms in total. The van der Waals surface area contributed by atoms with Gasteiger partial charge in [-0.3, -0.25) is 0 Å². The van der Waals surface area contributed by atoms with Crippen LogP contribution in [0.5, 0.6) is 5.75 Å². The van der Waals surface area contributed by atoms with Gasteiger partial charge in [-0.2, -0.15) is 0 Å². The minimum absolute atomic E-state index is 0.920. The molecule has 0 radical (unpaired) electrons. The van der Waals surface area contributed by atoms with Gasteiger partial charge in [-0.25, -0.2) is 0 Å². The van der Waals surface area contributed by atoms with Crippen molar-refractivity contribution in [1.82, 2.24) is 0 Å². The molecule has 1 aromatic carbocycles. The average molecular weight is 218 g/mol. The van der Waals surface area contributed by atoms with Crippen molar-refractivity contribution in [2.75, 3.05) is 0 Å². The van der Waals surface area contributed by atoms with E-state index in [1.807, 2.05) is 12.1 Å². The summed E-state index contributed by atoms with van der Waals surface area (Å²) in [6.45, 7) is 4.37. The van der Waals surface area contributed by atoms with Gasteiger partial charge in [0.15, 0.2) is 0 Å². The van der Waals surface area contributed by atoms with Crippen LogP contribution in [0.4, 0.5) is 0 Å². The Labute approximate surface area is 99.1 Å². The first-order valence-electron chi connectivity index (χ1n) is 6.27. The van der Waals surface area contributed by atoms with Crippen LogP contribution in [0.1, 0.15) is 45.1 Å². The molecular weight excluding hydrogens is 196 g/mol. The zero-order chi connectivity index (χ0) is 11.6. The molecule has 1 heteroatoms. The van der Waals surface area contributed by atoms with E-state index in [2.05, 4.69) is 32.1 Å². The number of hydrogen-bond acceptors (Lipinski definition) is 1. The van der Waals surface area contributed by atoms with E-state index in [-0.39, 0.29) is 0 Å². The second-order valence-corrected chi connectivity index (χ2v) is 3.98. The van der Waals surface area contributed by atoms with Gasteiger partial charge >= 0.3 is 0 Å². The Morgan fingerprint density at radius 1 is 1.06 bits per heavy atom. The van der Waals surface area contributed by atoms with Crippen molar-refractivity contribution >= 4 is 0 Å². The second kappa shape index (κ2) is 7.98. The molecule has 0 heterocycles. The molecule has 1 rings (SSSR count). The third-order valence-electron chi connectivity index (χ3n) is 2.61. The van der Waals surface area contributed by atoms with Gasteiger partial charge in [0.25, 0.3) is 0 Å². The van der Waals surface area contributed by atoms with Crippen molar-refractivity contribution < 1.29 is 4.74 Å². The summed E-state index contributed by atoms with van der Waals surface area (Å²) in [5, 5.41) is 0. The lowest BCUT2D eigenvalue weighted by atomic mass is 10.2. The first-order chi connectivity index (χ1) is 7.86. The van der Waals surface area contributed by atoms with E-state index in [1.165, 1.54) is 24.8 Å². The van der Waals surface area contributed by atoms with Gasteiger partial charge < -0.3 is 4.74 Å². The number of rotatable bonds is 7. The van der Waals surface area contributed by atoms with Gasteiger partial charge in [0.1, 0.15) is 5.75 Å². The van der Waals surface area contributed by atoms with E-state index in [0.29, 0.717) is 0 Å². The molecule has 0 aliphatic rings. The predicted molar refractivity (Wildman–Crippen MR) is 69.7 cm³/mol. The van der Waals surface area contributed by atoms with Crippen LogP contribution in [-0.2, 0) is 6.42 Å². The normalized spacial score (nSPS) is 10.9. The molecular formula is C15H22O. The van der Waals surface area contributed by atoms with Gasteiger partial charge in [-0.15, -0.1) is 0 Å². The highest BCUT2D eigenvalue weighted by atomic mass is 16.5. The molecule has 0 amide bonds. The Hall–Kier alpha value is -1.24. The van der Waals surface area contributed by atoms with Gasteiger partial charge in [0, 0.05) is 0 Å². The molecule has 0 unspecified atom stereocenters. The number of benzene rings is 1. The Kier molecular flexibility index (Phi) is 6.39.